The summed E-state index contributed by atoms with van der Waals surface area (Å²) in [7, 11) is 0. The third-order valence-electron chi connectivity index (χ3n) is 4.52. The van der Waals surface area contributed by atoms with E-state index in [1.807, 2.05) is 63.2 Å². The molecule has 0 heterocycles. The van der Waals surface area contributed by atoms with Crippen LogP contribution in [0.3, 0.4) is 0 Å². The van der Waals surface area contributed by atoms with Crippen molar-refractivity contribution in [2.75, 3.05) is 5.75 Å². The van der Waals surface area contributed by atoms with E-state index in [-0.39, 0.29) is 23.6 Å². The average Bonchev–Trinajstić information content (AvgIpc) is 2.70. The monoisotopic (exact) mass is 466 g/mol. The van der Waals surface area contributed by atoms with Crippen molar-refractivity contribution >= 4 is 46.8 Å². The highest BCUT2D eigenvalue weighted by Crippen LogP contribution is 2.22. The molecule has 0 unspecified atom stereocenters. The molecule has 0 saturated heterocycles. The molecule has 0 aliphatic rings. The van der Waals surface area contributed by atoms with Crippen LogP contribution in [0, 0.1) is 0 Å². The third kappa shape index (κ3) is 7.53. The number of nitrogens with one attached hydrogen (secondary N) is 1. The molecule has 30 heavy (non-hydrogen) atoms. The summed E-state index contributed by atoms with van der Waals surface area (Å²) < 4.78 is 0. The minimum atomic E-state index is -0.549. The van der Waals surface area contributed by atoms with E-state index in [4.69, 9.17) is 23.2 Å². The lowest BCUT2D eigenvalue weighted by molar-refractivity contribution is -0.139. The molecule has 4 nitrogen and oxygen atoms in total. The summed E-state index contributed by atoms with van der Waals surface area (Å²) in [5.41, 5.74) is 1.92. The number of hydrogen-bond donors (Lipinski definition) is 1. The van der Waals surface area contributed by atoms with Gasteiger partial charge in [-0.1, -0.05) is 60.5 Å². The predicted octanol–water partition coefficient (Wildman–Crippen LogP) is 5.56. The third-order valence-corrected chi connectivity index (χ3v) is 6.13. The van der Waals surface area contributed by atoms with E-state index in [0.717, 1.165) is 11.1 Å². The highest BCUT2D eigenvalue weighted by molar-refractivity contribution is 7.99. The molecule has 2 amide bonds. The van der Waals surface area contributed by atoms with Crippen molar-refractivity contribution in [2.24, 2.45) is 0 Å². The summed E-state index contributed by atoms with van der Waals surface area (Å²) in [6.45, 7) is 6.03. The molecule has 0 aromatic heterocycles. The Bertz CT molecular complexity index is 843. The second kappa shape index (κ2) is 12.2. The van der Waals surface area contributed by atoms with Crippen molar-refractivity contribution in [3.05, 3.63) is 69.7 Å². The van der Waals surface area contributed by atoms with Crippen molar-refractivity contribution in [1.82, 2.24) is 10.2 Å². The smallest absolute Gasteiger partial charge is 0.243 e. The highest BCUT2D eigenvalue weighted by Gasteiger charge is 2.29. The van der Waals surface area contributed by atoms with Gasteiger partial charge in [0.2, 0.25) is 11.8 Å². The SMILES string of the molecule is CC[C@@H](C(=O)NC(C)C)N(Cc1ccccc1Cl)C(=O)CSCc1ccc(Cl)cc1. The van der Waals surface area contributed by atoms with E-state index in [2.05, 4.69) is 5.32 Å². The molecule has 2 aromatic carbocycles. The van der Waals surface area contributed by atoms with Gasteiger partial charge in [0.25, 0.3) is 0 Å². The van der Waals surface area contributed by atoms with Crippen LogP contribution in [0.5, 0.6) is 0 Å². The molecule has 0 radical (unpaired) electrons. The molecule has 2 rings (SSSR count). The van der Waals surface area contributed by atoms with Gasteiger partial charge in [-0.2, -0.15) is 0 Å². The number of amides is 2. The molecule has 0 spiro atoms. The summed E-state index contributed by atoms with van der Waals surface area (Å²) in [6.07, 6.45) is 0.524. The van der Waals surface area contributed by atoms with Crippen molar-refractivity contribution in [1.29, 1.82) is 0 Å². The Kier molecular flexibility index (Phi) is 10.0. The molecule has 162 valence electrons. The fourth-order valence-corrected chi connectivity index (χ4v) is 4.22. The lowest BCUT2D eigenvalue weighted by Crippen LogP contribution is -2.51. The van der Waals surface area contributed by atoms with Crippen LogP contribution >= 0.6 is 35.0 Å². The van der Waals surface area contributed by atoms with Gasteiger partial charge in [-0.3, -0.25) is 9.59 Å². The first-order chi connectivity index (χ1) is 14.3. The minimum Gasteiger partial charge on any atom is -0.352 e. The second-order valence-corrected chi connectivity index (χ2v) is 9.15. The van der Waals surface area contributed by atoms with E-state index in [9.17, 15) is 9.59 Å². The Morgan fingerprint density at radius 2 is 1.73 bits per heavy atom. The molecule has 0 aliphatic carbocycles. The van der Waals surface area contributed by atoms with Crippen LogP contribution in [0.1, 0.15) is 38.3 Å². The molecule has 1 N–H and O–H groups in total. The van der Waals surface area contributed by atoms with Crippen LogP contribution in [-0.2, 0) is 21.9 Å². The minimum absolute atomic E-state index is 0.00287. The maximum atomic E-state index is 13.2. The zero-order chi connectivity index (χ0) is 22.1. The first-order valence-electron chi connectivity index (χ1n) is 9.97. The molecule has 0 bridgehead atoms. The first kappa shape index (κ1) is 24.6. The Hall–Kier alpha value is -1.69. The quantitative estimate of drug-likeness (QED) is 0.498. The second-order valence-electron chi connectivity index (χ2n) is 7.32. The van der Waals surface area contributed by atoms with Gasteiger partial charge in [0.1, 0.15) is 6.04 Å². The van der Waals surface area contributed by atoms with E-state index in [0.29, 0.717) is 28.8 Å². The molecular weight excluding hydrogens is 439 g/mol. The summed E-state index contributed by atoms with van der Waals surface area (Å²) in [4.78, 5) is 27.6. The van der Waals surface area contributed by atoms with Crippen molar-refractivity contribution in [2.45, 2.75) is 51.6 Å². The molecule has 0 fully saturated rings. The molecule has 1 atom stereocenters. The lowest BCUT2D eigenvalue weighted by atomic mass is 10.1. The van der Waals surface area contributed by atoms with Gasteiger partial charge < -0.3 is 10.2 Å². The van der Waals surface area contributed by atoms with Crippen LogP contribution < -0.4 is 5.32 Å². The summed E-state index contributed by atoms with van der Waals surface area (Å²) in [5.74, 6) is 0.742. The molecule has 2 aromatic rings. The fraction of sp³-hybridized carbons (Fsp3) is 0.391. The van der Waals surface area contributed by atoms with Crippen LogP contribution in [0.4, 0.5) is 0 Å². The molecule has 0 aliphatic heterocycles. The van der Waals surface area contributed by atoms with E-state index in [1.54, 1.807) is 11.0 Å². The number of hydrogen-bond acceptors (Lipinski definition) is 3. The maximum absolute atomic E-state index is 13.2. The Morgan fingerprint density at radius 1 is 1.07 bits per heavy atom. The summed E-state index contributed by atoms with van der Waals surface area (Å²) in [5, 5.41) is 4.21. The Balaban J connectivity index is 2.13. The van der Waals surface area contributed by atoms with Gasteiger partial charge in [0, 0.05) is 28.4 Å². The first-order valence-corrected chi connectivity index (χ1v) is 11.9. The Morgan fingerprint density at radius 3 is 2.33 bits per heavy atom. The van der Waals surface area contributed by atoms with Gasteiger partial charge >= 0.3 is 0 Å². The number of rotatable bonds is 10. The molecular formula is C23H28Cl2N2O2S. The van der Waals surface area contributed by atoms with Crippen LogP contribution in [-0.4, -0.2) is 34.6 Å². The van der Waals surface area contributed by atoms with E-state index in [1.165, 1.54) is 11.8 Å². The van der Waals surface area contributed by atoms with Crippen LogP contribution in [0.15, 0.2) is 48.5 Å². The van der Waals surface area contributed by atoms with Crippen LogP contribution in [0.2, 0.25) is 10.0 Å². The average molecular weight is 467 g/mol. The van der Waals surface area contributed by atoms with Gasteiger partial charge in [-0.05, 0) is 49.6 Å². The Labute approximate surface area is 193 Å². The van der Waals surface area contributed by atoms with Gasteiger partial charge in [0.05, 0.1) is 5.75 Å². The zero-order valence-corrected chi connectivity index (χ0v) is 19.9. The zero-order valence-electron chi connectivity index (χ0n) is 17.5. The van der Waals surface area contributed by atoms with E-state index < -0.39 is 6.04 Å². The van der Waals surface area contributed by atoms with Gasteiger partial charge in [-0.25, -0.2) is 0 Å². The maximum Gasteiger partial charge on any atom is 0.243 e. The van der Waals surface area contributed by atoms with Crippen molar-refractivity contribution < 1.29 is 9.59 Å². The number of nitrogens with zero attached hydrogens (tertiary/aromatic N) is 1. The van der Waals surface area contributed by atoms with E-state index >= 15 is 0 Å². The number of carbonyl (C=O) groups excluding carboxylic acids is 2. The lowest BCUT2D eigenvalue weighted by Gasteiger charge is -2.31. The predicted molar refractivity (Wildman–Crippen MR) is 127 cm³/mol. The van der Waals surface area contributed by atoms with Gasteiger partial charge in [-0.15, -0.1) is 11.8 Å². The van der Waals surface area contributed by atoms with Gasteiger partial charge in [0.15, 0.2) is 0 Å². The normalized spacial score (nSPS) is 11.9. The molecule has 7 heteroatoms. The highest BCUT2D eigenvalue weighted by atomic mass is 35.5. The topological polar surface area (TPSA) is 49.4 Å². The van der Waals surface area contributed by atoms with Crippen molar-refractivity contribution in [3.63, 3.8) is 0 Å². The number of benzene rings is 2. The summed E-state index contributed by atoms with van der Waals surface area (Å²) in [6, 6.07) is 14.4. The standard InChI is InChI=1S/C23H28Cl2N2O2S/c1-4-21(23(29)26-16(2)3)27(13-18-7-5-6-8-20(18)25)22(28)15-30-14-17-9-11-19(24)12-10-17/h5-12,16,21H,4,13-15H2,1-3H3,(H,26,29)/t21-/m0/s1. The number of carbonyl (C=O) groups is 2. The number of halogens is 2. The number of thioether (sulfide) groups is 1. The van der Waals surface area contributed by atoms with Crippen molar-refractivity contribution in [3.8, 4) is 0 Å². The fourth-order valence-electron chi connectivity index (χ4n) is 3.03. The summed E-state index contributed by atoms with van der Waals surface area (Å²) >= 11 is 13.8. The van der Waals surface area contributed by atoms with Crippen LogP contribution in [0.25, 0.3) is 0 Å². The molecule has 0 saturated carbocycles. The largest absolute Gasteiger partial charge is 0.352 e.